The molecular formula is C26H26ClN5O4. The Morgan fingerprint density at radius 3 is 2.47 bits per heavy atom. The number of non-ortho nitro benzene ring substituents is 1. The largest absolute Gasteiger partial charge is 0.414 e. The summed E-state index contributed by atoms with van der Waals surface area (Å²) in [5, 5.41) is 15.7. The summed E-state index contributed by atoms with van der Waals surface area (Å²) in [7, 11) is 3.13. The summed E-state index contributed by atoms with van der Waals surface area (Å²) in [5.74, 6) is 0.708. The minimum atomic E-state index is -0.705. The lowest BCUT2D eigenvalue weighted by molar-refractivity contribution is -0.384. The van der Waals surface area contributed by atoms with Gasteiger partial charge in [0.15, 0.2) is 5.75 Å². The summed E-state index contributed by atoms with van der Waals surface area (Å²) in [6.07, 6.45) is 2.59. The average Bonchev–Trinajstić information content (AvgIpc) is 2.90. The van der Waals surface area contributed by atoms with Crippen LogP contribution < -0.4 is 10.1 Å². The van der Waals surface area contributed by atoms with E-state index in [0.717, 1.165) is 0 Å². The molecule has 2 aromatic heterocycles. The molecule has 1 atom stereocenters. The van der Waals surface area contributed by atoms with Crippen LogP contribution >= 0.6 is 11.6 Å². The second kappa shape index (κ2) is 11.9. The fourth-order valence-electron chi connectivity index (χ4n) is 3.45. The fourth-order valence-corrected chi connectivity index (χ4v) is 3.72. The molecule has 0 saturated carbocycles. The molecule has 36 heavy (non-hydrogen) atoms. The van der Waals surface area contributed by atoms with Gasteiger partial charge in [-0.15, -0.1) is 0 Å². The van der Waals surface area contributed by atoms with E-state index in [2.05, 4.69) is 15.3 Å². The summed E-state index contributed by atoms with van der Waals surface area (Å²) in [5.41, 5.74) is 1.33. The second-order valence-electron chi connectivity index (χ2n) is 7.58. The van der Waals surface area contributed by atoms with Crippen LogP contribution in [0.3, 0.4) is 0 Å². The Labute approximate surface area is 213 Å². The lowest BCUT2D eigenvalue weighted by Crippen LogP contribution is -2.26. The minimum Gasteiger partial charge on any atom is -0.407 e. The van der Waals surface area contributed by atoms with Crippen molar-refractivity contribution >= 4 is 40.1 Å². The normalized spacial score (nSPS) is 11.1. The maximum atomic E-state index is 12.6. The first-order chi connectivity index (χ1) is 17.3. The van der Waals surface area contributed by atoms with Crippen LogP contribution in [0.15, 0.2) is 73.1 Å². The first kappa shape index (κ1) is 26.4. The van der Waals surface area contributed by atoms with Gasteiger partial charge in [-0.3, -0.25) is 15.1 Å². The maximum absolute atomic E-state index is 12.6. The number of nitrogens with one attached hydrogen (secondary N) is 1. The summed E-state index contributed by atoms with van der Waals surface area (Å²) in [6.45, 7) is 4.00. The van der Waals surface area contributed by atoms with E-state index in [1.807, 2.05) is 19.9 Å². The maximum Gasteiger partial charge on any atom is 0.414 e. The third-order valence-corrected chi connectivity index (χ3v) is 5.37. The standard InChI is InChI=1S/C24H20ClN5O4.C2H6/c1-29(2)24(31)34-23-18(14-19(25)17-9-6-12-27-22(17)23)21(28-20-10-3-4-11-26-20)15-7-5-8-16(13-15)30(32)33;1-2/h3-14,21H,1-2H3,(H,26,28);1-2H3. The number of fused-ring (bicyclic) bond motifs is 1. The zero-order chi connectivity index (χ0) is 26.2. The molecule has 2 aromatic carbocycles. The molecule has 1 unspecified atom stereocenters. The van der Waals surface area contributed by atoms with Crippen molar-refractivity contribution in [2.45, 2.75) is 19.9 Å². The Balaban J connectivity index is 0.00000176. The molecule has 0 radical (unpaired) electrons. The highest BCUT2D eigenvalue weighted by Crippen LogP contribution is 2.41. The van der Waals surface area contributed by atoms with Crippen molar-refractivity contribution in [2.24, 2.45) is 0 Å². The molecule has 9 nitrogen and oxygen atoms in total. The molecule has 10 heteroatoms. The average molecular weight is 508 g/mol. The van der Waals surface area contributed by atoms with Crippen LogP contribution in [0.25, 0.3) is 10.9 Å². The molecule has 0 spiro atoms. The van der Waals surface area contributed by atoms with E-state index < -0.39 is 17.1 Å². The Morgan fingerprint density at radius 1 is 1.06 bits per heavy atom. The van der Waals surface area contributed by atoms with E-state index in [-0.39, 0.29) is 11.4 Å². The highest BCUT2D eigenvalue weighted by atomic mass is 35.5. The number of carbonyl (C=O) groups excluding carboxylic acids is 1. The van der Waals surface area contributed by atoms with Crippen molar-refractivity contribution in [1.82, 2.24) is 14.9 Å². The SMILES string of the molecule is CC.CN(C)C(=O)Oc1c(C(Nc2ccccn2)c2cccc([N+](=O)[O-])c2)cc(Cl)c2cccnc12. The number of halogens is 1. The van der Waals surface area contributed by atoms with Gasteiger partial charge in [0.05, 0.1) is 16.0 Å². The van der Waals surface area contributed by atoms with Gasteiger partial charge in [-0.2, -0.15) is 0 Å². The van der Waals surface area contributed by atoms with Crippen LogP contribution in [-0.4, -0.2) is 40.0 Å². The van der Waals surface area contributed by atoms with Gasteiger partial charge in [-0.1, -0.05) is 43.6 Å². The van der Waals surface area contributed by atoms with Crippen molar-refractivity contribution < 1.29 is 14.5 Å². The van der Waals surface area contributed by atoms with Gasteiger partial charge in [-0.05, 0) is 35.9 Å². The molecule has 2 heterocycles. The summed E-state index contributed by atoms with van der Waals surface area (Å²) < 4.78 is 5.76. The molecule has 1 N–H and O–H groups in total. The quantitative estimate of drug-likeness (QED) is 0.235. The molecule has 1 amide bonds. The van der Waals surface area contributed by atoms with Crippen molar-refractivity contribution in [3.05, 3.63) is 99.3 Å². The smallest absolute Gasteiger partial charge is 0.407 e. The number of anilines is 1. The Hall–Kier alpha value is -4.24. The van der Waals surface area contributed by atoms with E-state index in [9.17, 15) is 14.9 Å². The monoisotopic (exact) mass is 507 g/mol. The second-order valence-corrected chi connectivity index (χ2v) is 7.99. The lowest BCUT2D eigenvalue weighted by atomic mass is 9.95. The number of pyridine rings is 2. The van der Waals surface area contributed by atoms with E-state index in [4.69, 9.17) is 16.3 Å². The number of ether oxygens (including phenoxy) is 1. The van der Waals surface area contributed by atoms with Crippen molar-refractivity contribution in [1.29, 1.82) is 0 Å². The van der Waals surface area contributed by atoms with Gasteiger partial charge in [-0.25, -0.2) is 9.78 Å². The number of benzene rings is 2. The van der Waals surface area contributed by atoms with Crippen molar-refractivity contribution in [2.75, 3.05) is 19.4 Å². The van der Waals surface area contributed by atoms with E-state index >= 15 is 0 Å². The predicted octanol–water partition coefficient (Wildman–Crippen LogP) is 6.48. The highest BCUT2D eigenvalue weighted by molar-refractivity contribution is 6.35. The number of aromatic nitrogens is 2. The number of hydrogen-bond donors (Lipinski definition) is 1. The predicted molar refractivity (Wildman–Crippen MR) is 141 cm³/mol. The molecule has 4 rings (SSSR count). The van der Waals surface area contributed by atoms with Gasteiger partial charge in [0, 0.05) is 49.6 Å². The van der Waals surface area contributed by atoms with E-state index in [1.165, 1.54) is 17.0 Å². The van der Waals surface area contributed by atoms with Gasteiger partial charge < -0.3 is 15.0 Å². The summed E-state index contributed by atoms with van der Waals surface area (Å²) in [4.78, 5) is 33.6. The number of hydrogen-bond acceptors (Lipinski definition) is 7. The number of nitro groups is 1. The molecule has 186 valence electrons. The van der Waals surface area contributed by atoms with Crippen LogP contribution in [0.1, 0.15) is 31.0 Å². The Kier molecular flexibility index (Phi) is 8.75. The van der Waals surface area contributed by atoms with Crippen molar-refractivity contribution in [3.8, 4) is 5.75 Å². The highest BCUT2D eigenvalue weighted by Gasteiger charge is 2.26. The van der Waals surface area contributed by atoms with E-state index in [0.29, 0.717) is 32.9 Å². The first-order valence-corrected chi connectivity index (χ1v) is 11.6. The number of nitrogens with zero attached hydrogens (tertiary/aromatic N) is 4. The molecule has 0 fully saturated rings. The molecular weight excluding hydrogens is 482 g/mol. The third-order valence-electron chi connectivity index (χ3n) is 5.06. The Bertz CT molecular complexity index is 1370. The van der Waals surface area contributed by atoms with Gasteiger partial charge >= 0.3 is 6.09 Å². The molecule has 0 aliphatic carbocycles. The van der Waals surface area contributed by atoms with Gasteiger partial charge in [0.2, 0.25) is 0 Å². The summed E-state index contributed by atoms with van der Waals surface area (Å²) in [6, 6.07) is 16.0. The number of carbonyl (C=O) groups is 1. The van der Waals surface area contributed by atoms with Gasteiger partial charge in [0.25, 0.3) is 5.69 Å². The molecule has 0 aliphatic rings. The number of rotatable bonds is 6. The number of nitro benzene ring substituents is 1. The molecule has 0 saturated heterocycles. The Morgan fingerprint density at radius 2 is 1.81 bits per heavy atom. The number of amides is 1. The van der Waals surface area contributed by atoms with Crippen LogP contribution in [0.2, 0.25) is 5.02 Å². The van der Waals surface area contributed by atoms with E-state index in [1.54, 1.807) is 69.0 Å². The topological polar surface area (TPSA) is 110 Å². The lowest BCUT2D eigenvalue weighted by Gasteiger charge is -2.24. The van der Waals surface area contributed by atoms with Gasteiger partial charge in [0.1, 0.15) is 11.3 Å². The molecule has 4 aromatic rings. The summed E-state index contributed by atoms with van der Waals surface area (Å²) >= 11 is 6.61. The van der Waals surface area contributed by atoms with Crippen LogP contribution in [0.4, 0.5) is 16.3 Å². The van der Waals surface area contributed by atoms with Crippen molar-refractivity contribution in [3.63, 3.8) is 0 Å². The zero-order valence-electron chi connectivity index (χ0n) is 20.3. The fraction of sp³-hybridized carbons (Fsp3) is 0.192. The van der Waals surface area contributed by atoms with Crippen LogP contribution in [0.5, 0.6) is 5.75 Å². The first-order valence-electron chi connectivity index (χ1n) is 11.2. The minimum absolute atomic E-state index is 0.0813. The zero-order valence-corrected chi connectivity index (χ0v) is 21.1. The van der Waals surface area contributed by atoms with Crippen LogP contribution in [0, 0.1) is 10.1 Å². The molecule has 0 aliphatic heterocycles. The third kappa shape index (κ3) is 5.87. The molecule has 0 bridgehead atoms. The van der Waals surface area contributed by atoms with Crippen LogP contribution in [-0.2, 0) is 0 Å².